The molecule has 4 rings (SSSR count). The second kappa shape index (κ2) is 6.89. The van der Waals surface area contributed by atoms with Crippen molar-refractivity contribution < 1.29 is 5.11 Å². The second-order valence-electron chi connectivity index (χ2n) is 7.37. The van der Waals surface area contributed by atoms with Gasteiger partial charge in [0.15, 0.2) is 0 Å². The predicted octanol–water partition coefficient (Wildman–Crippen LogP) is 0.265. The predicted molar refractivity (Wildman–Crippen MR) is 89.0 cm³/mol. The molecule has 0 radical (unpaired) electrons. The van der Waals surface area contributed by atoms with Crippen LogP contribution in [0.1, 0.15) is 30.7 Å². The summed E-state index contributed by atoms with van der Waals surface area (Å²) in [5.74, 6) is 0.926. The highest BCUT2D eigenvalue weighted by Gasteiger charge is 2.32. The maximum Gasteiger partial charge on any atom is 0.0768 e. The van der Waals surface area contributed by atoms with Crippen LogP contribution in [0.5, 0.6) is 0 Å². The summed E-state index contributed by atoms with van der Waals surface area (Å²) in [7, 11) is 0. The van der Waals surface area contributed by atoms with Gasteiger partial charge in [0.05, 0.1) is 17.9 Å². The normalized spacial score (nSPS) is 26.4. The average molecular weight is 319 g/mol. The maximum atomic E-state index is 9.40. The van der Waals surface area contributed by atoms with Crippen LogP contribution >= 0.6 is 0 Å². The monoisotopic (exact) mass is 319 g/mol. The third kappa shape index (κ3) is 3.76. The van der Waals surface area contributed by atoms with E-state index in [2.05, 4.69) is 25.9 Å². The lowest BCUT2D eigenvalue weighted by molar-refractivity contribution is 0.0515. The highest BCUT2D eigenvalue weighted by molar-refractivity contribution is 5.12. The zero-order chi connectivity index (χ0) is 15.6. The third-order valence-electron chi connectivity index (χ3n) is 5.45. The maximum absolute atomic E-state index is 9.40. The molecule has 23 heavy (non-hydrogen) atoms. The molecule has 6 nitrogen and oxygen atoms in total. The third-order valence-corrected chi connectivity index (χ3v) is 5.45. The van der Waals surface area contributed by atoms with E-state index in [0.29, 0.717) is 12.6 Å². The lowest BCUT2D eigenvalue weighted by Gasteiger charge is -2.41. The summed E-state index contributed by atoms with van der Waals surface area (Å²) >= 11 is 0. The molecule has 3 aliphatic rings. The molecule has 0 bridgehead atoms. The van der Waals surface area contributed by atoms with Crippen molar-refractivity contribution in [2.45, 2.75) is 44.9 Å². The summed E-state index contributed by atoms with van der Waals surface area (Å²) in [6.07, 6.45) is 3.70. The van der Waals surface area contributed by atoms with Crippen LogP contribution in [0.3, 0.4) is 0 Å². The number of aliphatic hydroxyl groups is 1. The topological polar surface area (TPSA) is 56.6 Å². The first-order valence-corrected chi connectivity index (χ1v) is 9.15. The molecule has 1 saturated heterocycles. The number of hydrogen-bond acceptors (Lipinski definition) is 5. The second-order valence-corrected chi connectivity index (χ2v) is 7.37. The Morgan fingerprint density at radius 1 is 1.26 bits per heavy atom. The molecule has 1 aromatic rings. The molecule has 0 spiro atoms. The minimum atomic E-state index is 0.296. The molecule has 1 atom stereocenters. The fourth-order valence-corrected chi connectivity index (χ4v) is 3.95. The van der Waals surface area contributed by atoms with Crippen LogP contribution in [0, 0.1) is 5.92 Å². The first-order valence-electron chi connectivity index (χ1n) is 9.15. The number of nitrogens with one attached hydrogen (secondary N) is 1. The smallest absolute Gasteiger partial charge is 0.0768 e. The molecule has 128 valence electrons. The Hall–Kier alpha value is -0.950. The molecular formula is C17H29N5O. The largest absolute Gasteiger partial charge is 0.396 e. The summed E-state index contributed by atoms with van der Waals surface area (Å²) < 4.78 is 2.15. The Labute approximate surface area is 138 Å². The first-order chi connectivity index (χ1) is 11.3. The number of rotatable bonds is 6. The Morgan fingerprint density at radius 2 is 2.17 bits per heavy atom. The van der Waals surface area contributed by atoms with E-state index < -0.39 is 0 Å². The van der Waals surface area contributed by atoms with Crippen molar-refractivity contribution in [2.75, 3.05) is 39.3 Å². The van der Waals surface area contributed by atoms with E-state index in [1.165, 1.54) is 30.8 Å². The van der Waals surface area contributed by atoms with Gasteiger partial charge in [-0.2, -0.15) is 5.10 Å². The first kappa shape index (κ1) is 15.6. The number of nitrogens with zero attached hydrogens (tertiary/aromatic N) is 4. The molecule has 0 amide bonds. The lowest BCUT2D eigenvalue weighted by atomic mass is 10.1. The van der Waals surface area contributed by atoms with Gasteiger partial charge in [0.1, 0.15) is 0 Å². The van der Waals surface area contributed by atoms with Gasteiger partial charge in [-0.25, -0.2) is 0 Å². The van der Waals surface area contributed by atoms with Crippen molar-refractivity contribution >= 4 is 0 Å². The van der Waals surface area contributed by atoms with E-state index in [0.717, 1.165) is 58.2 Å². The van der Waals surface area contributed by atoms with Crippen LogP contribution in [0.2, 0.25) is 0 Å². The van der Waals surface area contributed by atoms with Gasteiger partial charge in [0.25, 0.3) is 0 Å². The Morgan fingerprint density at radius 3 is 2.96 bits per heavy atom. The van der Waals surface area contributed by atoms with Crippen LogP contribution in [-0.2, 0) is 19.6 Å². The SMILES string of the molecule is OCCC1CN(Cc2cc3n(n2)CCNC3)CCN1CC1CC1. The minimum Gasteiger partial charge on any atom is -0.396 e. The molecular weight excluding hydrogens is 290 g/mol. The minimum absolute atomic E-state index is 0.296. The van der Waals surface area contributed by atoms with Gasteiger partial charge in [-0.3, -0.25) is 14.5 Å². The highest BCUT2D eigenvalue weighted by atomic mass is 16.3. The summed E-state index contributed by atoms with van der Waals surface area (Å²) in [6.45, 7) is 8.74. The van der Waals surface area contributed by atoms with Gasteiger partial charge in [-0.1, -0.05) is 0 Å². The van der Waals surface area contributed by atoms with E-state index in [4.69, 9.17) is 5.10 Å². The Balaban J connectivity index is 1.36. The summed E-state index contributed by atoms with van der Waals surface area (Å²) in [5.41, 5.74) is 2.51. The molecule has 1 aromatic heterocycles. The van der Waals surface area contributed by atoms with Crippen molar-refractivity contribution in [3.8, 4) is 0 Å². The molecule has 1 aliphatic carbocycles. The van der Waals surface area contributed by atoms with Crippen molar-refractivity contribution in [1.82, 2.24) is 24.9 Å². The molecule has 1 unspecified atom stereocenters. The van der Waals surface area contributed by atoms with Crippen molar-refractivity contribution in [3.63, 3.8) is 0 Å². The van der Waals surface area contributed by atoms with E-state index in [1.54, 1.807) is 0 Å². The zero-order valence-corrected chi connectivity index (χ0v) is 14.0. The standard InChI is InChI=1S/C17H29N5O/c23-8-3-16-13-20(6-7-21(16)11-14-1-2-14)12-15-9-17-10-18-4-5-22(17)19-15/h9,14,16,18,23H,1-8,10-13H2. The van der Waals surface area contributed by atoms with Gasteiger partial charge in [0, 0.05) is 58.5 Å². The van der Waals surface area contributed by atoms with Gasteiger partial charge in [-0.05, 0) is 31.2 Å². The van der Waals surface area contributed by atoms with Crippen molar-refractivity contribution in [1.29, 1.82) is 0 Å². The number of piperazine rings is 1. The lowest BCUT2D eigenvalue weighted by Crippen LogP contribution is -2.53. The number of aliphatic hydroxyl groups excluding tert-OH is 1. The van der Waals surface area contributed by atoms with Crippen LogP contribution in [0.25, 0.3) is 0 Å². The summed E-state index contributed by atoms with van der Waals surface area (Å²) in [6, 6.07) is 2.76. The van der Waals surface area contributed by atoms with E-state index in [1.807, 2.05) is 0 Å². The Bertz CT molecular complexity index is 504. The summed E-state index contributed by atoms with van der Waals surface area (Å²) in [5, 5.41) is 17.6. The highest BCUT2D eigenvalue weighted by Crippen LogP contribution is 2.31. The van der Waals surface area contributed by atoms with Crippen molar-refractivity contribution in [2.24, 2.45) is 5.92 Å². The van der Waals surface area contributed by atoms with E-state index in [9.17, 15) is 5.11 Å². The molecule has 2 aliphatic heterocycles. The van der Waals surface area contributed by atoms with Gasteiger partial charge < -0.3 is 10.4 Å². The Kier molecular flexibility index (Phi) is 4.66. The molecule has 2 fully saturated rings. The van der Waals surface area contributed by atoms with E-state index >= 15 is 0 Å². The molecule has 6 heteroatoms. The van der Waals surface area contributed by atoms with E-state index in [-0.39, 0.29) is 0 Å². The summed E-state index contributed by atoms with van der Waals surface area (Å²) in [4.78, 5) is 5.14. The zero-order valence-electron chi connectivity index (χ0n) is 14.0. The number of fused-ring (bicyclic) bond motifs is 1. The molecule has 3 heterocycles. The van der Waals surface area contributed by atoms with Crippen LogP contribution in [0.15, 0.2) is 6.07 Å². The molecule has 0 aromatic carbocycles. The van der Waals surface area contributed by atoms with Gasteiger partial charge >= 0.3 is 0 Å². The number of aromatic nitrogens is 2. The van der Waals surface area contributed by atoms with Crippen LogP contribution < -0.4 is 5.32 Å². The van der Waals surface area contributed by atoms with Gasteiger partial charge in [-0.15, -0.1) is 0 Å². The molecule has 1 saturated carbocycles. The number of hydrogen-bond donors (Lipinski definition) is 2. The average Bonchev–Trinajstić information content (AvgIpc) is 3.27. The van der Waals surface area contributed by atoms with Gasteiger partial charge in [0.2, 0.25) is 0 Å². The van der Waals surface area contributed by atoms with Crippen molar-refractivity contribution in [3.05, 3.63) is 17.5 Å². The quantitative estimate of drug-likeness (QED) is 0.788. The molecule has 2 N–H and O–H groups in total. The fraction of sp³-hybridized carbons (Fsp3) is 0.824. The van der Waals surface area contributed by atoms with Crippen LogP contribution in [-0.4, -0.2) is 70.1 Å². The fourth-order valence-electron chi connectivity index (χ4n) is 3.95. The van der Waals surface area contributed by atoms with Crippen LogP contribution in [0.4, 0.5) is 0 Å².